The minimum Gasteiger partial charge on any atom is -0.383 e. The van der Waals surface area contributed by atoms with Crippen molar-refractivity contribution in [2.24, 2.45) is 5.73 Å². The first kappa shape index (κ1) is 13.9. The van der Waals surface area contributed by atoms with Crippen molar-refractivity contribution in [1.29, 1.82) is 0 Å². The zero-order chi connectivity index (χ0) is 12.0. The zero-order valence-electron chi connectivity index (χ0n) is 10.9. The Morgan fingerprint density at radius 1 is 1.31 bits per heavy atom. The Bertz CT molecular complexity index is 191. The third-order valence-corrected chi connectivity index (χ3v) is 4.02. The van der Waals surface area contributed by atoms with Crippen molar-refractivity contribution in [3.63, 3.8) is 0 Å². The van der Waals surface area contributed by atoms with E-state index in [1.165, 1.54) is 0 Å². The van der Waals surface area contributed by atoms with Gasteiger partial charge in [-0.15, -0.1) is 0 Å². The van der Waals surface area contributed by atoms with Gasteiger partial charge in [-0.1, -0.05) is 0 Å². The molecule has 1 aliphatic carbocycles. The van der Waals surface area contributed by atoms with Crippen molar-refractivity contribution in [1.82, 2.24) is 4.90 Å². The Hall–Kier alpha value is -0.160. The molecular weight excluding hydrogens is 204 g/mol. The second-order valence-corrected chi connectivity index (χ2v) is 4.78. The summed E-state index contributed by atoms with van der Waals surface area (Å²) in [6.45, 7) is 2.45. The van der Waals surface area contributed by atoms with E-state index < -0.39 is 0 Å². The summed E-state index contributed by atoms with van der Waals surface area (Å²) in [5, 5.41) is 0. The summed E-state index contributed by atoms with van der Waals surface area (Å²) in [4.78, 5) is 2.36. The standard InChI is InChI=1S/C12H26N2O2/c1-14(8-9-15-2)12(10-13)6-4-11(16-3)5-7-12/h11H,4-10,13H2,1-3H3. The molecule has 1 saturated carbocycles. The third kappa shape index (κ3) is 3.17. The van der Waals surface area contributed by atoms with Crippen LogP contribution in [0, 0.1) is 0 Å². The lowest BCUT2D eigenvalue weighted by Crippen LogP contribution is -2.55. The summed E-state index contributed by atoms with van der Waals surface area (Å²) in [6, 6.07) is 0. The van der Waals surface area contributed by atoms with Gasteiger partial charge in [-0.3, -0.25) is 4.90 Å². The fourth-order valence-corrected chi connectivity index (χ4v) is 2.57. The number of likely N-dealkylation sites (N-methyl/N-ethyl adjacent to an activating group) is 1. The van der Waals surface area contributed by atoms with E-state index in [1.807, 2.05) is 0 Å². The molecule has 1 fully saturated rings. The van der Waals surface area contributed by atoms with Gasteiger partial charge in [-0.25, -0.2) is 0 Å². The first-order chi connectivity index (χ1) is 7.68. The topological polar surface area (TPSA) is 47.7 Å². The van der Waals surface area contributed by atoms with Crippen LogP contribution >= 0.6 is 0 Å². The zero-order valence-corrected chi connectivity index (χ0v) is 10.9. The first-order valence-corrected chi connectivity index (χ1v) is 6.11. The molecule has 0 amide bonds. The second kappa shape index (κ2) is 6.55. The molecule has 0 aromatic rings. The molecule has 0 radical (unpaired) electrons. The molecule has 0 heterocycles. The van der Waals surface area contributed by atoms with Gasteiger partial charge in [0.25, 0.3) is 0 Å². The fourth-order valence-electron chi connectivity index (χ4n) is 2.57. The van der Waals surface area contributed by atoms with E-state index >= 15 is 0 Å². The fraction of sp³-hybridized carbons (Fsp3) is 1.00. The molecule has 0 bridgehead atoms. The van der Waals surface area contributed by atoms with Crippen molar-refractivity contribution in [3.8, 4) is 0 Å². The van der Waals surface area contributed by atoms with Crippen molar-refractivity contribution in [3.05, 3.63) is 0 Å². The molecule has 96 valence electrons. The number of methoxy groups -OCH3 is 2. The van der Waals surface area contributed by atoms with Gasteiger partial charge in [0.15, 0.2) is 0 Å². The van der Waals surface area contributed by atoms with Crippen LogP contribution in [-0.4, -0.2) is 57.5 Å². The molecule has 0 atom stereocenters. The number of hydrogen-bond acceptors (Lipinski definition) is 4. The highest BCUT2D eigenvalue weighted by atomic mass is 16.5. The minimum absolute atomic E-state index is 0.160. The Labute approximate surface area is 99.1 Å². The number of rotatable bonds is 6. The molecule has 1 aliphatic rings. The van der Waals surface area contributed by atoms with Crippen molar-refractivity contribution >= 4 is 0 Å². The van der Waals surface area contributed by atoms with Crippen molar-refractivity contribution < 1.29 is 9.47 Å². The van der Waals surface area contributed by atoms with E-state index in [2.05, 4.69) is 11.9 Å². The van der Waals surface area contributed by atoms with Crippen LogP contribution in [0.15, 0.2) is 0 Å². The molecule has 0 aromatic heterocycles. The molecule has 0 saturated heterocycles. The smallest absolute Gasteiger partial charge is 0.0589 e. The normalized spacial score (nSPS) is 30.9. The Morgan fingerprint density at radius 3 is 2.38 bits per heavy atom. The van der Waals surface area contributed by atoms with Crippen LogP contribution in [0.3, 0.4) is 0 Å². The molecule has 2 N–H and O–H groups in total. The highest BCUT2D eigenvalue weighted by Gasteiger charge is 2.37. The third-order valence-electron chi connectivity index (χ3n) is 4.02. The maximum atomic E-state index is 5.97. The maximum Gasteiger partial charge on any atom is 0.0589 e. The molecule has 4 nitrogen and oxygen atoms in total. The monoisotopic (exact) mass is 230 g/mol. The predicted octanol–water partition coefficient (Wildman–Crippen LogP) is 0.851. The van der Waals surface area contributed by atoms with Gasteiger partial charge in [0.05, 0.1) is 12.7 Å². The average molecular weight is 230 g/mol. The lowest BCUT2D eigenvalue weighted by Gasteiger charge is -2.45. The van der Waals surface area contributed by atoms with Crippen LogP contribution in [0.25, 0.3) is 0 Å². The quantitative estimate of drug-likeness (QED) is 0.735. The molecule has 0 spiro atoms. The largest absolute Gasteiger partial charge is 0.383 e. The molecule has 16 heavy (non-hydrogen) atoms. The van der Waals surface area contributed by atoms with E-state index in [4.69, 9.17) is 15.2 Å². The lowest BCUT2D eigenvalue weighted by atomic mass is 9.79. The molecule has 1 rings (SSSR count). The summed E-state index contributed by atoms with van der Waals surface area (Å²) in [7, 11) is 5.69. The van der Waals surface area contributed by atoms with E-state index in [0.717, 1.165) is 45.4 Å². The van der Waals surface area contributed by atoms with Crippen LogP contribution in [0.4, 0.5) is 0 Å². The lowest BCUT2D eigenvalue weighted by molar-refractivity contribution is -0.00382. The van der Waals surface area contributed by atoms with Crippen molar-refractivity contribution in [2.45, 2.75) is 37.3 Å². The minimum atomic E-state index is 0.160. The molecule has 0 unspecified atom stereocenters. The Balaban J connectivity index is 2.51. The van der Waals surface area contributed by atoms with Gasteiger partial charge >= 0.3 is 0 Å². The highest BCUT2D eigenvalue weighted by Crippen LogP contribution is 2.33. The summed E-state index contributed by atoms with van der Waals surface area (Å²) < 4.78 is 10.5. The van der Waals surface area contributed by atoms with E-state index in [1.54, 1.807) is 14.2 Å². The molecule has 4 heteroatoms. The first-order valence-electron chi connectivity index (χ1n) is 6.11. The van der Waals surface area contributed by atoms with Crippen LogP contribution in [0.2, 0.25) is 0 Å². The second-order valence-electron chi connectivity index (χ2n) is 4.78. The Kier molecular flexibility index (Phi) is 5.69. The molecule has 0 aromatic carbocycles. The average Bonchev–Trinajstić information content (AvgIpc) is 2.35. The van der Waals surface area contributed by atoms with Gasteiger partial charge in [-0.05, 0) is 32.7 Å². The van der Waals surface area contributed by atoms with Crippen LogP contribution in [0.1, 0.15) is 25.7 Å². The van der Waals surface area contributed by atoms with Crippen LogP contribution in [-0.2, 0) is 9.47 Å². The summed E-state index contributed by atoms with van der Waals surface area (Å²) >= 11 is 0. The van der Waals surface area contributed by atoms with Gasteiger partial charge in [0.2, 0.25) is 0 Å². The summed E-state index contributed by atoms with van der Waals surface area (Å²) in [5.74, 6) is 0. The highest BCUT2D eigenvalue weighted by molar-refractivity contribution is 4.95. The Morgan fingerprint density at radius 2 is 1.94 bits per heavy atom. The van der Waals surface area contributed by atoms with Crippen LogP contribution < -0.4 is 5.73 Å². The summed E-state index contributed by atoms with van der Waals surface area (Å²) in [6.07, 6.45) is 4.91. The SMILES string of the molecule is COCCN(C)C1(CN)CCC(OC)CC1. The van der Waals surface area contributed by atoms with Gasteiger partial charge < -0.3 is 15.2 Å². The predicted molar refractivity (Wildman–Crippen MR) is 65.6 cm³/mol. The summed E-state index contributed by atoms with van der Waals surface area (Å²) in [5.41, 5.74) is 6.13. The number of nitrogens with zero attached hydrogens (tertiary/aromatic N) is 1. The van der Waals surface area contributed by atoms with Gasteiger partial charge in [-0.2, -0.15) is 0 Å². The molecular formula is C12H26N2O2. The van der Waals surface area contributed by atoms with Gasteiger partial charge in [0, 0.05) is 32.8 Å². The molecule has 0 aliphatic heterocycles. The van der Waals surface area contributed by atoms with Crippen LogP contribution in [0.5, 0.6) is 0 Å². The van der Waals surface area contributed by atoms with Gasteiger partial charge in [0.1, 0.15) is 0 Å². The number of hydrogen-bond donors (Lipinski definition) is 1. The number of nitrogens with two attached hydrogens (primary N) is 1. The van der Waals surface area contributed by atoms with E-state index in [9.17, 15) is 0 Å². The van der Waals surface area contributed by atoms with E-state index in [0.29, 0.717) is 6.10 Å². The van der Waals surface area contributed by atoms with E-state index in [-0.39, 0.29) is 5.54 Å². The maximum absolute atomic E-state index is 5.97. The number of ether oxygens (including phenoxy) is 2. The van der Waals surface area contributed by atoms with Crippen molar-refractivity contribution in [2.75, 3.05) is 41.0 Å².